The van der Waals surface area contributed by atoms with Crippen molar-refractivity contribution < 1.29 is 9.18 Å². The summed E-state index contributed by atoms with van der Waals surface area (Å²) in [7, 11) is 0. The van der Waals surface area contributed by atoms with Crippen LogP contribution in [0.15, 0.2) is 35.1 Å². The second kappa shape index (κ2) is 9.27. The highest BCUT2D eigenvalue weighted by atomic mass is 79.9. The second-order valence-electron chi connectivity index (χ2n) is 7.92. The van der Waals surface area contributed by atoms with Crippen molar-refractivity contribution in [1.29, 1.82) is 0 Å². The summed E-state index contributed by atoms with van der Waals surface area (Å²) in [6, 6.07) is 7.41. The van der Waals surface area contributed by atoms with Gasteiger partial charge in [0.1, 0.15) is 5.52 Å². The fourth-order valence-corrected chi connectivity index (χ4v) is 4.60. The Morgan fingerprint density at radius 3 is 2.73 bits per heavy atom. The first kappa shape index (κ1) is 21.0. The SMILES string of the molecule is Cc1cc(Br)ccc1Nc1c(C=O)cc2c(ncn2CCCN2CCCCC2)c1F. The number of anilines is 2. The summed E-state index contributed by atoms with van der Waals surface area (Å²) in [5.41, 5.74) is 3.10. The third kappa shape index (κ3) is 4.42. The lowest BCUT2D eigenvalue weighted by molar-refractivity contribution is 0.112. The maximum atomic E-state index is 15.3. The standard InChI is InChI=1S/C23H26BrFN4O/c1-16-12-18(24)6-7-19(16)27-22-17(14-30)13-20-23(21(22)25)26-15-29(20)11-5-10-28-8-3-2-4-9-28/h6-7,12-15,27H,2-5,8-11H2,1H3. The van der Waals surface area contributed by atoms with Crippen molar-refractivity contribution in [2.75, 3.05) is 25.0 Å². The third-order valence-electron chi connectivity index (χ3n) is 5.78. The molecule has 0 aliphatic carbocycles. The van der Waals surface area contributed by atoms with Crippen molar-refractivity contribution in [1.82, 2.24) is 14.5 Å². The molecule has 0 amide bonds. The van der Waals surface area contributed by atoms with Gasteiger partial charge in [0.2, 0.25) is 0 Å². The quantitative estimate of drug-likeness (QED) is 0.449. The molecule has 5 nitrogen and oxygen atoms in total. The molecule has 0 radical (unpaired) electrons. The third-order valence-corrected chi connectivity index (χ3v) is 6.28. The maximum absolute atomic E-state index is 15.3. The Morgan fingerprint density at radius 1 is 1.20 bits per heavy atom. The lowest BCUT2D eigenvalue weighted by atomic mass is 10.1. The zero-order chi connectivity index (χ0) is 21.1. The van der Waals surface area contributed by atoms with Gasteiger partial charge < -0.3 is 14.8 Å². The van der Waals surface area contributed by atoms with Gasteiger partial charge in [0.25, 0.3) is 0 Å². The number of aryl methyl sites for hydroxylation is 2. The van der Waals surface area contributed by atoms with Gasteiger partial charge in [-0.2, -0.15) is 0 Å². The highest BCUT2D eigenvalue weighted by molar-refractivity contribution is 9.10. The molecule has 0 atom stereocenters. The minimum atomic E-state index is -0.494. The Kier molecular flexibility index (Phi) is 6.49. The first-order chi connectivity index (χ1) is 14.6. The Morgan fingerprint density at radius 2 is 2.00 bits per heavy atom. The minimum absolute atomic E-state index is 0.168. The topological polar surface area (TPSA) is 50.2 Å². The zero-order valence-corrected chi connectivity index (χ0v) is 18.7. The molecular weight excluding hydrogens is 447 g/mol. The van der Waals surface area contributed by atoms with Crippen LogP contribution < -0.4 is 5.32 Å². The molecule has 1 aromatic heterocycles. The summed E-state index contributed by atoms with van der Waals surface area (Å²) in [5, 5.41) is 3.09. The molecule has 3 aromatic rings. The van der Waals surface area contributed by atoms with Crippen LogP contribution in [0.25, 0.3) is 11.0 Å². The summed E-state index contributed by atoms with van der Waals surface area (Å²) in [4.78, 5) is 18.6. The highest BCUT2D eigenvalue weighted by Gasteiger charge is 2.18. The number of carbonyl (C=O) groups excluding carboxylic acids is 1. The Bertz CT molecular complexity index is 1060. The number of aldehydes is 1. The van der Waals surface area contributed by atoms with Gasteiger partial charge in [0.15, 0.2) is 12.1 Å². The number of nitrogens with zero attached hydrogens (tertiary/aromatic N) is 3. The van der Waals surface area contributed by atoms with Crippen molar-refractivity contribution in [3.63, 3.8) is 0 Å². The van der Waals surface area contributed by atoms with Crippen LogP contribution in [0.4, 0.5) is 15.8 Å². The summed E-state index contributed by atoms with van der Waals surface area (Å²) in [6.07, 6.45) is 7.22. The molecule has 0 saturated carbocycles. The molecule has 2 aromatic carbocycles. The van der Waals surface area contributed by atoms with Crippen LogP contribution in [0, 0.1) is 12.7 Å². The number of hydrogen-bond acceptors (Lipinski definition) is 4. The Balaban J connectivity index is 1.57. The number of hydrogen-bond donors (Lipinski definition) is 1. The van der Waals surface area contributed by atoms with Crippen molar-refractivity contribution in [2.24, 2.45) is 0 Å². The van der Waals surface area contributed by atoms with Crippen LogP contribution in [0.2, 0.25) is 0 Å². The van der Waals surface area contributed by atoms with Crippen molar-refractivity contribution in [2.45, 2.75) is 39.2 Å². The molecule has 0 bridgehead atoms. The largest absolute Gasteiger partial charge is 0.352 e. The van der Waals surface area contributed by atoms with Crippen LogP contribution in [-0.4, -0.2) is 40.4 Å². The number of benzene rings is 2. The molecule has 2 heterocycles. The van der Waals surface area contributed by atoms with E-state index in [4.69, 9.17) is 0 Å². The fraction of sp³-hybridized carbons (Fsp3) is 0.391. The predicted octanol–water partition coefficient (Wildman–Crippen LogP) is 5.68. The number of imidazole rings is 1. The van der Waals surface area contributed by atoms with Crippen molar-refractivity contribution in [3.05, 3.63) is 52.0 Å². The van der Waals surface area contributed by atoms with E-state index in [2.05, 4.69) is 31.1 Å². The van der Waals surface area contributed by atoms with Gasteiger partial charge in [-0.05, 0) is 75.6 Å². The summed E-state index contributed by atoms with van der Waals surface area (Å²) < 4.78 is 18.2. The molecule has 7 heteroatoms. The van der Waals surface area contributed by atoms with Gasteiger partial charge in [-0.25, -0.2) is 9.37 Å². The number of fused-ring (bicyclic) bond motifs is 1. The van der Waals surface area contributed by atoms with E-state index in [0.717, 1.165) is 35.2 Å². The van der Waals surface area contributed by atoms with Gasteiger partial charge in [0, 0.05) is 22.3 Å². The van der Waals surface area contributed by atoms with Gasteiger partial charge in [-0.3, -0.25) is 4.79 Å². The summed E-state index contributed by atoms with van der Waals surface area (Å²) in [6.45, 7) is 6.05. The van der Waals surface area contributed by atoms with E-state index >= 15 is 4.39 Å². The minimum Gasteiger partial charge on any atom is -0.352 e. The second-order valence-corrected chi connectivity index (χ2v) is 8.83. The Hall–Kier alpha value is -2.25. The number of rotatable bonds is 7. The van der Waals surface area contributed by atoms with Gasteiger partial charge in [0.05, 0.1) is 17.5 Å². The van der Waals surface area contributed by atoms with Gasteiger partial charge in [-0.1, -0.05) is 22.4 Å². The van der Waals surface area contributed by atoms with Crippen molar-refractivity contribution >= 4 is 44.6 Å². The average molecular weight is 473 g/mol. The van der Waals surface area contributed by atoms with Crippen LogP contribution in [0.3, 0.4) is 0 Å². The molecule has 1 aliphatic heterocycles. The van der Waals surface area contributed by atoms with Crippen molar-refractivity contribution in [3.8, 4) is 0 Å². The zero-order valence-electron chi connectivity index (χ0n) is 17.1. The van der Waals surface area contributed by atoms with Gasteiger partial charge in [-0.15, -0.1) is 0 Å². The number of likely N-dealkylation sites (tertiary alicyclic amines) is 1. The normalized spacial score (nSPS) is 14.9. The molecule has 1 aliphatic rings. The fourth-order valence-electron chi connectivity index (χ4n) is 4.12. The van der Waals surface area contributed by atoms with Crippen LogP contribution >= 0.6 is 15.9 Å². The van der Waals surface area contributed by atoms with E-state index in [-0.39, 0.29) is 11.2 Å². The van der Waals surface area contributed by atoms with E-state index in [1.165, 1.54) is 32.4 Å². The highest BCUT2D eigenvalue weighted by Crippen LogP contribution is 2.32. The smallest absolute Gasteiger partial charge is 0.175 e. The molecule has 1 saturated heterocycles. The number of piperidine rings is 1. The predicted molar refractivity (Wildman–Crippen MR) is 122 cm³/mol. The Labute approximate surface area is 184 Å². The molecule has 0 spiro atoms. The van der Waals surface area contributed by atoms with E-state index in [1.807, 2.05) is 29.7 Å². The van der Waals surface area contributed by atoms with Crippen LogP contribution in [-0.2, 0) is 6.54 Å². The molecule has 0 unspecified atom stereocenters. The van der Waals surface area contributed by atoms with E-state index in [1.54, 1.807) is 12.4 Å². The molecule has 158 valence electrons. The van der Waals surface area contributed by atoms with Gasteiger partial charge >= 0.3 is 0 Å². The maximum Gasteiger partial charge on any atom is 0.175 e. The molecule has 4 rings (SSSR count). The molecular formula is C23H26BrFN4O. The van der Waals surface area contributed by atoms with Crippen LogP contribution in [0.5, 0.6) is 0 Å². The van der Waals surface area contributed by atoms with Crippen LogP contribution in [0.1, 0.15) is 41.6 Å². The van der Waals surface area contributed by atoms with E-state index < -0.39 is 5.82 Å². The number of aromatic nitrogens is 2. The number of carbonyl (C=O) groups is 1. The first-order valence-electron chi connectivity index (χ1n) is 10.4. The van der Waals surface area contributed by atoms with E-state index in [9.17, 15) is 4.79 Å². The summed E-state index contributed by atoms with van der Waals surface area (Å²) in [5.74, 6) is -0.494. The first-order valence-corrected chi connectivity index (χ1v) is 11.2. The lowest BCUT2D eigenvalue weighted by Crippen LogP contribution is -2.31. The molecule has 1 fully saturated rings. The monoisotopic (exact) mass is 472 g/mol. The summed E-state index contributed by atoms with van der Waals surface area (Å²) >= 11 is 3.43. The number of halogens is 2. The lowest BCUT2D eigenvalue weighted by Gasteiger charge is -2.26. The average Bonchev–Trinajstić information content (AvgIpc) is 3.15. The van der Waals surface area contributed by atoms with E-state index in [0.29, 0.717) is 17.4 Å². The molecule has 30 heavy (non-hydrogen) atoms. The molecule has 1 N–H and O–H groups in total. The number of nitrogens with one attached hydrogen (secondary N) is 1.